The normalized spacial score (nSPS) is 14.6. The van der Waals surface area contributed by atoms with Crippen LogP contribution < -0.4 is 10.5 Å². The number of methoxy groups -OCH3 is 1. The first-order valence-electron chi connectivity index (χ1n) is 10.6. The van der Waals surface area contributed by atoms with E-state index < -0.39 is 10.7 Å². The first kappa shape index (κ1) is 21.6. The molecule has 0 spiro atoms. The number of nitro groups is 1. The van der Waals surface area contributed by atoms with Crippen molar-refractivity contribution in [2.75, 3.05) is 20.2 Å². The minimum atomic E-state index is -0.691. The highest BCUT2D eigenvalue weighted by molar-refractivity contribution is 5.80. The van der Waals surface area contributed by atoms with E-state index in [0.717, 1.165) is 31.4 Å². The van der Waals surface area contributed by atoms with Crippen molar-refractivity contribution < 1.29 is 18.9 Å². The second-order valence-electron chi connectivity index (χ2n) is 8.07. The molecule has 4 rings (SSSR count). The summed E-state index contributed by atoms with van der Waals surface area (Å²) in [6, 6.07) is 12.0. The first-order valence-corrected chi connectivity index (χ1v) is 10.6. The van der Waals surface area contributed by atoms with Crippen molar-refractivity contribution in [3.8, 4) is 5.75 Å². The number of ether oxygens (including phenoxy) is 1. The minimum Gasteiger partial charge on any atom is -0.497 e. The van der Waals surface area contributed by atoms with Gasteiger partial charge in [-0.15, -0.1) is 0 Å². The lowest BCUT2D eigenvalue weighted by atomic mass is 9.90. The van der Waals surface area contributed by atoms with E-state index in [0.29, 0.717) is 24.5 Å². The first-order chi connectivity index (χ1) is 15.4. The maximum absolute atomic E-state index is 12.8. The zero-order valence-electron chi connectivity index (χ0n) is 17.9. The number of fused-ring (bicyclic) bond motifs is 1. The molecule has 0 bridgehead atoms. The van der Waals surface area contributed by atoms with Gasteiger partial charge in [-0.3, -0.25) is 19.5 Å². The van der Waals surface area contributed by atoms with Gasteiger partial charge in [0.1, 0.15) is 12.3 Å². The predicted octanol–water partition coefficient (Wildman–Crippen LogP) is 3.38. The number of hydrogen-bond donors (Lipinski definition) is 0. The summed E-state index contributed by atoms with van der Waals surface area (Å²) in [6.45, 7) is 1.17. The third-order valence-electron chi connectivity index (χ3n) is 6.12. The Morgan fingerprint density at radius 2 is 1.91 bits per heavy atom. The van der Waals surface area contributed by atoms with E-state index in [4.69, 9.17) is 9.15 Å². The van der Waals surface area contributed by atoms with E-state index in [1.807, 2.05) is 12.1 Å². The van der Waals surface area contributed by atoms with Gasteiger partial charge in [0.05, 0.1) is 23.6 Å². The van der Waals surface area contributed by atoms with Gasteiger partial charge in [0.15, 0.2) is 5.58 Å². The molecule has 0 unspecified atom stereocenters. The van der Waals surface area contributed by atoms with Gasteiger partial charge in [0.25, 0.3) is 5.69 Å². The van der Waals surface area contributed by atoms with Crippen LogP contribution in [-0.2, 0) is 17.8 Å². The third kappa shape index (κ3) is 4.66. The summed E-state index contributed by atoms with van der Waals surface area (Å²) in [5.41, 5.74) is 1.59. The van der Waals surface area contributed by atoms with Crippen molar-refractivity contribution in [1.82, 2.24) is 9.47 Å². The number of benzene rings is 2. The summed E-state index contributed by atoms with van der Waals surface area (Å²) in [5, 5.41) is 10.9. The van der Waals surface area contributed by atoms with Gasteiger partial charge in [-0.05, 0) is 55.4 Å². The van der Waals surface area contributed by atoms with Crippen LogP contribution in [0.5, 0.6) is 5.75 Å². The highest BCUT2D eigenvalue weighted by atomic mass is 16.6. The van der Waals surface area contributed by atoms with Crippen LogP contribution in [0.4, 0.5) is 5.69 Å². The Bertz CT molecular complexity index is 1170. The second-order valence-corrected chi connectivity index (χ2v) is 8.07. The standard InChI is InChI=1S/C23H25N3O6/c1-31-19-7-4-16(5-8-19)2-3-17-10-12-24(13-11-17)22(27)15-25-20-9-6-18(26(29)30)14-21(20)32-23(25)28/h4-9,14,17H,2-3,10-13,15H2,1H3. The molecule has 1 amide bonds. The predicted molar refractivity (Wildman–Crippen MR) is 118 cm³/mol. The SMILES string of the molecule is COc1ccc(CCC2CCN(C(=O)Cn3c(=O)oc4cc([N+](=O)[O-])ccc43)CC2)cc1. The lowest BCUT2D eigenvalue weighted by molar-refractivity contribution is -0.384. The van der Waals surface area contributed by atoms with Gasteiger partial charge in [0.2, 0.25) is 5.91 Å². The highest BCUT2D eigenvalue weighted by Crippen LogP contribution is 2.24. The molecule has 0 radical (unpaired) electrons. The molecule has 32 heavy (non-hydrogen) atoms. The maximum Gasteiger partial charge on any atom is 0.420 e. The Labute approximate surface area is 184 Å². The number of aryl methyl sites for hydroxylation is 1. The van der Waals surface area contributed by atoms with Gasteiger partial charge >= 0.3 is 5.76 Å². The quantitative estimate of drug-likeness (QED) is 0.413. The Hall–Kier alpha value is -3.62. The molecular formula is C23H25N3O6. The third-order valence-corrected chi connectivity index (χ3v) is 6.12. The largest absolute Gasteiger partial charge is 0.497 e. The molecule has 9 nitrogen and oxygen atoms in total. The zero-order valence-corrected chi connectivity index (χ0v) is 17.9. The molecule has 0 N–H and O–H groups in total. The molecule has 9 heteroatoms. The molecule has 3 aromatic rings. The van der Waals surface area contributed by atoms with Crippen molar-refractivity contribution in [2.45, 2.75) is 32.2 Å². The molecule has 1 aliphatic heterocycles. The van der Waals surface area contributed by atoms with Gasteiger partial charge in [0, 0.05) is 19.2 Å². The van der Waals surface area contributed by atoms with E-state index in [1.165, 1.54) is 28.3 Å². The van der Waals surface area contributed by atoms with Crippen molar-refractivity contribution in [1.29, 1.82) is 0 Å². The van der Waals surface area contributed by atoms with Crippen LogP contribution in [0.3, 0.4) is 0 Å². The molecule has 2 aromatic carbocycles. The molecule has 1 aliphatic rings. The molecular weight excluding hydrogens is 414 g/mol. The smallest absolute Gasteiger partial charge is 0.420 e. The average Bonchev–Trinajstić information content (AvgIpc) is 3.12. The van der Waals surface area contributed by atoms with Gasteiger partial charge in [-0.2, -0.15) is 0 Å². The van der Waals surface area contributed by atoms with Crippen molar-refractivity contribution in [3.05, 3.63) is 68.7 Å². The Morgan fingerprint density at radius 1 is 1.19 bits per heavy atom. The maximum atomic E-state index is 12.8. The number of non-ortho nitro benzene ring substituents is 1. The number of oxazole rings is 1. The molecule has 1 saturated heterocycles. The monoisotopic (exact) mass is 439 g/mol. The number of rotatable bonds is 7. The lowest BCUT2D eigenvalue weighted by Crippen LogP contribution is -2.41. The highest BCUT2D eigenvalue weighted by Gasteiger charge is 2.24. The van der Waals surface area contributed by atoms with Crippen LogP contribution in [0.1, 0.15) is 24.8 Å². The molecule has 0 atom stereocenters. The number of nitrogens with zero attached hydrogens (tertiary/aromatic N) is 3. The second kappa shape index (κ2) is 9.25. The number of aromatic nitrogens is 1. The number of likely N-dealkylation sites (tertiary alicyclic amines) is 1. The Kier molecular flexibility index (Phi) is 6.25. The summed E-state index contributed by atoms with van der Waals surface area (Å²) in [7, 11) is 1.65. The topological polar surface area (TPSA) is 108 Å². The molecule has 1 fully saturated rings. The van der Waals surface area contributed by atoms with Gasteiger partial charge in [-0.1, -0.05) is 12.1 Å². The van der Waals surface area contributed by atoms with Crippen LogP contribution in [0.25, 0.3) is 11.1 Å². The number of carbonyl (C=O) groups excluding carboxylic acids is 1. The van der Waals surface area contributed by atoms with E-state index in [9.17, 15) is 19.7 Å². The van der Waals surface area contributed by atoms with Crippen LogP contribution in [-0.4, -0.2) is 40.5 Å². The number of amides is 1. The Morgan fingerprint density at radius 3 is 2.56 bits per heavy atom. The van der Waals surface area contributed by atoms with E-state index >= 15 is 0 Å². The fraction of sp³-hybridized carbons (Fsp3) is 0.391. The lowest BCUT2D eigenvalue weighted by Gasteiger charge is -2.32. The Balaban J connectivity index is 1.32. The van der Waals surface area contributed by atoms with Crippen LogP contribution in [0.15, 0.2) is 51.7 Å². The van der Waals surface area contributed by atoms with Crippen LogP contribution >= 0.6 is 0 Å². The van der Waals surface area contributed by atoms with E-state index in [2.05, 4.69) is 12.1 Å². The summed E-state index contributed by atoms with van der Waals surface area (Å²) >= 11 is 0. The summed E-state index contributed by atoms with van der Waals surface area (Å²) < 4.78 is 11.5. The molecule has 168 valence electrons. The van der Waals surface area contributed by atoms with Crippen molar-refractivity contribution in [2.24, 2.45) is 5.92 Å². The summed E-state index contributed by atoms with van der Waals surface area (Å²) in [6.07, 6.45) is 3.91. The fourth-order valence-corrected chi connectivity index (χ4v) is 4.19. The molecule has 0 saturated carbocycles. The number of hydrogen-bond acceptors (Lipinski definition) is 6. The minimum absolute atomic E-state index is 0.106. The average molecular weight is 439 g/mol. The fourth-order valence-electron chi connectivity index (χ4n) is 4.19. The van der Waals surface area contributed by atoms with E-state index in [-0.39, 0.29) is 23.7 Å². The molecule has 0 aliphatic carbocycles. The van der Waals surface area contributed by atoms with Crippen LogP contribution in [0, 0.1) is 16.0 Å². The van der Waals surface area contributed by atoms with E-state index in [1.54, 1.807) is 12.0 Å². The van der Waals surface area contributed by atoms with Crippen molar-refractivity contribution in [3.63, 3.8) is 0 Å². The van der Waals surface area contributed by atoms with Gasteiger partial charge in [-0.25, -0.2) is 4.79 Å². The number of piperidine rings is 1. The molecule has 1 aromatic heterocycles. The van der Waals surface area contributed by atoms with Crippen LogP contribution in [0.2, 0.25) is 0 Å². The summed E-state index contributed by atoms with van der Waals surface area (Å²) in [5.74, 6) is 0.562. The number of carbonyl (C=O) groups is 1. The zero-order chi connectivity index (χ0) is 22.7. The van der Waals surface area contributed by atoms with Gasteiger partial charge < -0.3 is 14.1 Å². The van der Waals surface area contributed by atoms with Crippen molar-refractivity contribution >= 4 is 22.7 Å². The molecule has 2 heterocycles. The summed E-state index contributed by atoms with van der Waals surface area (Å²) in [4.78, 5) is 37.1. The number of nitro benzene ring substituents is 1.